The number of thiocarbonyl (C=S) groups is 1. The summed E-state index contributed by atoms with van der Waals surface area (Å²) in [4.78, 5) is 2.13. The molecule has 0 saturated carbocycles. The van der Waals surface area contributed by atoms with Crippen molar-refractivity contribution in [2.24, 2.45) is 5.10 Å². The van der Waals surface area contributed by atoms with Crippen LogP contribution in [-0.4, -0.2) is 39.0 Å². The molecule has 1 N–H and O–H groups in total. The van der Waals surface area contributed by atoms with Gasteiger partial charge in [0.25, 0.3) is 0 Å². The standard InChI is InChI=1S/C12H17N5S/c1-9-5-6-11(15-13-9)10(2)14-16-12(18)17-7-3-4-8-17/h5-6H,3-4,7-8H2,1-2H3,(H,16,18)/b14-10+. The fourth-order valence-electron chi connectivity index (χ4n) is 1.77. The van der Waals surface area contributed by atoms with Crippen molar-refractivity contribution in [2.75, 3.05) is 13.1 Å². The molecule has 2 heterocycles. The molecule has 96 valence electrons. The molecule has 2 rings (SSSR count). The molecule has 0 aromatic carbocycles. The van der Waals surface area contributed by atoms with Gasteiger partial charge in [-0.3, -0.25) is 5.43 Å². The lowest BCUT2D eigenvalue weighted by molar-refractivity contribution is 0.509. The van der Waals surface area contributed by atoms with E-state index < -0.39 is 0 Å². The summed E-state index contributed by atoms with van der Waals surface area (Å²) in [5, 5.41) is 13.0. The third-order valence-electron chi connectivity index (χ3n) is 2.88. The summed E-state index contributed by atoms with van der Waals surface area (Å²) in [6, 6.07) is 3.82. The summed E-state index contributed by atoms with van der Waals surface area (Å²) >= 11 is 5.27. The minimum Gasteiger partial charge on any atom is -0.348 e. The molecule has 0 atom stereocenters. The smallest absolute Gasteiger partial charge is 0.189 e. The van der Waals surface area contributed by atoms with Gasteiger partial charge in [-0.1, -0.05) is 0 Å². The highest BCUT2D eigenvalue weighted by Gasteiger charge is 2.14. The van der Waals surface area contributed by atoms with E-state index in [1.165, 1.54) is 12.8 Å². The van der Waals surface area contributed by atoms with Crippen LogP contribution in [0.4, 0.5) is 0 Å². The van der Waals surface area contributed by atoms with Crippen LogP contribution in [-0.2, 0) is 0 Å². The molecule has 0 unspecified atom stereocenters. The molecular weight excluding hydrogens is 246 g/mol. The van der Waals surface area contributed by atoms with E-state index in [0.717, 1.165) is 30.2 Å². The van der Waals surface area contributed by atoms with Crippen molar-refractivity contribution in [3.8, 4) is 0 Å². The molecule has 6 heteroatoms. The number of aryl methyl sites for hydroxylation is 1. The van der Waals surface area contributed by atoms with Gasteiger partial charge in [-0.05, 0) is 51.0 Å². The predicted octanol–water partition coefficient (Wildman–Crippen LogP) is 1.48. The Morgan fingerprint density at radius 1 is 1.33 bits per heavy atom. The third-order valence-corrected chi connectivity index (χ3v) is 3.23. The molecule has 1 aliphatic rings. The number of nitrogens with one attached hydrogen (secondary N) is 1. The van der Waals surface area contributed by atoms with Gasteiger partial charge < -0.3 is 4.90 Å². The van der Waals surface area contributed by atoms with Crippen LogP contribution in [0, 0.1) is 6.92 Å². The van der Waals surface area contributed by atoms with E-state index in [1.54, 1.807) is 0 Å². The Bertz CT molecular complexity index is 448. The molecule has 1 aromatic rings. The maximum atomic E-state index is 5.27. The van der Waals surface area contributed by atoms with Crippen molar-refractivity contribution in [3.63, 3.8) is 0 Å². The van der Waals surface area contributed by atoms with Crippen LogP contribution in [0.3, 0.4) is 0 Å². The van der Waals surface area contributed by atoms with Crippen LogP contribution in [0.2, 0.25) is 0 Å². The van der Waals surface area contributed by atoms with E-state index in [0.29, 0.717) is 5.11 Å². The van der Waals surface area contributed by atoms with Gasteiger partial charge in [0.05, 0.1) is 11.4 Å². The highest BCUT2D eigenvalue weighted by Crippen LogP contribution is 2.07. The van der Waals surface area contributed by atoms with Gasteiger partial charge in [-0.2, -0.15) is 10.2 Å². The van der Waals surface area contributed by atoms with E-state index in [4.69, 9.17) is 12.2 Å². The molecule has 18 heavy (non-hydrogen) atoms. The minimum atomic E-state index is 0.687. The van der Waals surface area contributed by atoms with Gasteiger partial charge in [0.1, 0.15) is 5.69 Å². The van der Waals surface area contributed by atoms with Gasteiger partial charge >= 0.3 is 0 Å². The Hall–Kier alpha value is -1.56. The lowest BCUT2D eigenvalue weighted by Gasteiger charge is -2.17. The first-order chi connectivity index (χ1) is 8.66. The summed E-state index contributed by atoms with van der Waals surface area (Å²) in [5.74, 6) is 0. The Balaban J connectivity index is 1.95. The minimum absolute atomic E-state index is 0.687. The number of aromatic nitrogens is 2. The van der Waals surface area contributed by atoms with Crippen molar-refractivity contribution in [1.82, 2.24) is 20.5 Å². The number of nitrogens with zero attached hydrogens (tertiary/aromatic N) is 4. The van der Waals surface area contributed by atoms with Crippen molar-refractivity contribution in [2.45, 2.75) is 26.7 Å². The summed E-state index contributed by atoms with van der Waals surface area (Å²) in [6.07, 6.45) is 2.40. The van der Waals surface area contributed by atoms with Gasteiger partial charge in [0.2, 0.25) is 0 Å². The topological polar surface area (TPSA) is 53.4 Å². The summed E-state index contributed by atoms with van der Waals surface area (Å²) in [6.45, 7) is 5.83. The number of hydrogen-bond acceptors (Lipinski definition) is 4. The predicted molar refractivity (Wildman–Crippen MR) is 75.5 cm³/mol. The largest absolute Gasteiger partial charge is 0.348 e. The van der Waals surface area contributed by atoms with E-state index in [-0.39, 0.29) is 0 Å². The fraction of sp³-hybridized carbons (Fsp3) is 0.500. The van der Waals surface area contributed by atoms with Crippen LogP contribution in [0.1, 0.15) is 31.2 Å². The second-order valence-electron chi connectivity index (χ2n) is 4.37. The Kier molecular flexibility index (Phi) is 4.19. The molecule has 1 aliphatic heterocycles. The Morgan fingerprint density at radius 3 is 2.67 bits per heavy atom. The molecular formula is C12H17N5S. The van der Waals surface area contributed by atoms with Crippen LogP contribution in [0.15, 0.2) is 17.2 Å². The zero-order valence-electron chi connectivity index (χ0n) is 10.7. The first-order valence-corrected chi connectivity index (χ1v) is 6.47. The zero-order valence-corrected chi connectivity index (χ0v) is 11.5. The number of rotatable bonds is 2. The number of hydrazone groups is 1. The van der Waals surface area contributed by atoms with Crippen LogP contribution < -0.4 is 5.43 Å². The third kappa shape index (κ3) is 3.22. The van der Waals surface area contributed by atoms with Gasteiger partial charge in [-0.25, -0.2) is 0 Å². The lowest BCUT2D eigenvalue weighted by atomic mass is 10.3. The molecule has 1 saturated heterocycles. The van der Waals surface area contributed by atoms with Crippen molar-refractivity contribution in [1.29, 1.82) is 0 Å². The first kappa shape index (κ1) is 12.9. The van der Waals surface area contributed by atoms with Gasteiger partial charge in [-0.15, -0.1) is 5.10 Å². The lowest BCUT2D eigenvalue weighted by Crippen LogP contribution is -2.35. The molecule has 0 spiro atoms. The molecule has 1 fully saturated rings. The second-order valence-corrected chi connectivity index (χ2v) is 4.75. The molecule has 1 aromatic heterocycles. The molecule has 5 nitrogen and oxygen atoms in total. The number of likely N-dealkylation sites (tertiary alicyclic amines) is 1. The summed E-state index contributed by atoms with van der Waals surface area (Å²) < 4.78 is 0. The average Bonchev–Trinajstić information content (AvgIpc) is 2.90. The van der Waals surface area contributed by atoms with E-state index in [2.05, 4.69) is 25.6 Å². The highest BCUT2D eigenvalue weighted by molar-refractivity contribution is 7.80. The molecule has 0 aliphatic carbocycles. The van der Waals surface area contributed by atoms with Crippen LogP contribution in [0.5, 0.6) is 0 Å². The second kappa shape index (κ2) is 5.86. The SMILES string of the molecule is C/C(=N\NC(=S)N1CCCC1)c1ccc(C)nn1. The Labute approximate surface area is 112 Å². The summed E-state index contributed by atoms with van der Waals surface area (Å²) in [7, 11) is 0. The first-order valence-electron chi connectivity index (χ1n) is 6.07. The highest BCUT2D eigenvalue weighted by atomic mass is 32.1. The molecule has 0 bridgehead atoms. The van der Waals surface area contributed by atoms with Crippen LogP contribution in [0.25, 0.3) is 0 Å². The van der Waals surface area contributed by atoms with Crippen LogP contribution >= 0.6 is 12.2 Å². The Morgan fingerprint density at radius 2 is 2.06 bits per heavy atom. The van der Waals surface area contributed by atoms with E-state index in [9.17, 15) is 0 Å². The average molecular weight is 263 g/mol. The zero-order chi connectivity index (χ0) is 13.0. The number of hydrogen-bond donors (Lipinski definition) is 1. The maximum absolute atomic E-state index is 5.27. The van der Waals surface area contributed by atoms with Crippen molar-refractivity contribution in [3.05, 3.63) is 23.5 Å². The van der Waals surface area contributed by atoms with E-state index >= 15 is 0 Å². The summed E-state index contributed by atoms with van der Waals surface area (Å²) in [5.41, 5.74) is 5.35. The quantitative estimate of drug-likeness (QED) is 0.497. The van der Waals surface area contributed by atoms with Crippen molar-refractivity contribution < 1.29 is 0 Å². The molecule has 0 amide bonds. The van der Waals surface area contributed by atoms with E-state index in [1.807, 2.05) is 26.0 Å². The monoisotopic (exact) mass is 263 g/mol. The molecule has 0 radical (unpaired) electrons. The van der Waals surface area contributed by atoms with Crippen molar-refractivity contribution >= 4 is 23.0 Å². The maximum Gasteiger partial charge on any atom is 0.189 e. The fourth-order valence-corrected chi connectivity index (χ4v) is 2.00. The van der Waals surface area contributed by atoms with Gasteiger partial charge in [0, 0.05) is 13.1 Å². The normalized spacial score (nSPS) is 15.9. The van der Waals surface area contributed by atoms with Gasteiger partial charge in [0.15, 0.2) is 5.11 Å².